The van der Waals surface area contributed by atoms with Crippen LogP contribution in [0.3, 0.4) is 0 Å². The van der Waals surface area contributed by atoms with Crippen molar-refractivity contribution in [2.45, 2.75) is 24.4 Å². The van der Waals surface area contributed by atoms with Crippen LogP contribution in [0.1, 0.15) is 19.3 Å². The van der Waals surface area contributed by atoms with Gasteiger partial charge in [0.15, 0.2) is 0 Å². The number of carbonyl (C=O) groups excluding carboxylic acids is 1. The third-order valence-electron chi connectivity index (χ3n) is 3.46. The summed E-state index contributed by atoms with van der Waals surface area (Å²) < 4.78 is 26.0. The Hall–Kier alpha value is -2.03. The number of nitrogens with zero attached hydrogens (tertiary/aromatic N) is 5. The van der Waals surface area contributed by atoms with Gasteiger partial charge in [0.05, 0.1) is 0 Å². The lowest BCUT2D eigenvalue weighted by atomic mass is 10.1. The molecule has 0 atom stereocenters. The molecule has 0 aliphatic carbocycles. The van der Waals surface area contributed by atoms with Crippen LogP contribution in [-0.2, 0) is 14.6 Å². The molecule has 0 bridgehead atoms. The van der Waals surface area contributed by atoms with Gasteiger partial charge in [0, 0.05) is 25.5 Å². The second-order valence-electron chi connectivity index (χ2n) is 4.97. The highest BCUT2D eigenvalue weighted by molar-refractivity contribution is 7.91. The summed E-state index contributed by atoms with van der Waals surface area (Å²) in [7, 11) is -3.83. The predicted octanol–water partition coefficient (Wildman–Crippen LogP) is -0.0895. The van der Waals surface area contributed by atoms with Crippen molar-refractivity contribution in [3.63, 3.8) is 0 Å². The molecule has 3 rings (SSSR count). The van der Waals surface area contributed by atoms with Gasteiger partial charge in [0.2, 0.25) is 15.7 Å². The lowest BCUT2D eigenvalue weighted by Crippen LogP contribution is -2.39. The zero-order chi connectivity index (χ0) is 14.9. The highest BCUT2D eigenvalue weighted by Gasteiger charge is 2.28. The molecule has 3 heterocycles. The molecule has 1 aliphatic heterocycles. The third kappa shape index (κ3) is 2.73. The Kier molecular flexibility index (Phi) is 3.58. The van der Waals surface area contributed by atoms with Crippen molar-refractivity contribution in [2.75, 3.05) is 18.8 Å². The smallest absolute Gasteiger partial charge is 0.255 e. The van der Waals surface area contributed by atoms with E-state index in [2.05, 4.69) is 15.2 Å². The number of amides is 1. The van der Waals surface area contributed by atoms with Crippen molar-refractivity contribution in [3.05, 3.63) is 18.5 Å². The van der Waals surface area contributed by atoms with Gasteiger partial charge < -0.3 is 4.90 Å². The van der Waals surface area contributed by atoms with Gasteiger partial charge in [-0.25, -0.2) is 13.4 Å². The second-order valence-corrected chi connectivity index (χ2v) is 6.86. The molecule has 0 saturated carbocycles. The molecule has 0 unspecified atom stereocenters. The van der Waals surface area contributed by atoms with E-state index in [1.54, 1.807) is 11.0 Å². The fraction of sp³-hybridized carbons (Fsp3) is 0.500. The van der Waals surface area contributed by atoms with E-state index in [0.29, 0.717) is 13.1 Å². The Balaban J connectivity index is 1.85. The number of carbonyl (C=O) groups is 1. The molecule has 112 valence electrons. The molecule has 1 aliphatic rings. The van der Waals surface area contributed by atoms with E-state index >= 15 is 0 Å². The zero-order valence-corrected chi connectivity index (χ0v) is 12.2. The summed E-state index contributed by atoms with van der Waals surface area (Å²) >= 11 is 0. The number of aromatic nitrogens is 4. The fourth-order valence-electron chi connectivity index (χ4n) is 2.40. The fourth-order valence-corrected chi connectivity index (χ4v) is 3.64. The number of piperidine rings is 1. The number of hydrogen-bond donors (Lipinski definition) is 0. The quantitative estimate of drug-likeness (QED) is 0.786. The van der Waals surface area contributed by atoms with Crippen molar-refractivity contribution in [2.24, 2.45) is 0 Å². The zero-order valence-electron chi connectivity index (χ0n) is 11.3. The van der Waals surface area contributed by atoms with E-state index in [4.69, 9.17) is 0 Å². The van der Waals surface area contributed by atoms with E-state index in [1.165, 1.54) is 16.8 Å². The molecule has 1 amide bonds. The molecule has 1 saturated heterocycles. The monoisotopic (exact) mass is 309 g/mol. The van der Waals surface area contributed by atoms with Crippen molar-refractivity contribution in [1.82, 2.24) is 24.5 Å². The van der Waals surface area contributed by atoms with E-state index < -0.39 is 15.6 Å². The standard InChI is InChI=1S/C12H15N5O3S/c18-10(16-6-2-1-3-7-16)9-21(19,20)12-15-14-11-13-5-4-8-17(11)12/h4-5,8H,1-3,6-7,9H2. The Labute approximate surface area is 121 Å². The van der Waals surface area contributed by atoms with Crippen LogP contribution in [-0.4, -0.2) is 57.6 Å². The second kappa shape index (κ2) is 5.40. The SMILES string of the molecule is O=C(CS(=O)(=O)c1nnc2ncccn12)N1CCCCC1. The maximum absolute atomic E-state index is 12.4. The first-order chi connectivity index (χ1) is 10.1. The van der Waals surface area contributed by atoms with Crippen LogP contribution in [0.15, 0.2) is 23.6 Å². The summed E-state index contributed by atoms with van der Waals surface area (Å²) in [6.07, 6.45) is 5.93. The molecule has 0 N–H and O–H groups in total. The van der Waals surface area contributed by atoms with Crippen LogP contribution >= 0.6 is 0 Å². The number of rotatable bonds is 3. The summed E-state index contributed by atoms with van der Waals surface area (Å²) in [4.78, 5) is 17.6. The van der Waals surface area contributed by atoms with Gasteiger partial charge in [-0.1, -0.05) is 0 Å². The van der Waals surface area contributed by atoms with E-state index in [-0.39, 0.29) is 16.8 Å². The number of fused-ring (bicyclic) bond motifs is 1. The molecule has 0 aromatic carbocycles. The van der Waals surface area contributed by atoms with Gasteiger partial charge in [-0.15, -0.1) is 10.2 Å². The molecule has 9 heteroatoms. The lowest BCUT2D eigenvalue weighted by molar-refractivity contribution is -0.129. The summed E-state index contributed by atoms with van der Waals surface area (Å²) in [5, 5.41) is 7.12. The minimum absolute atomic E-state index is 0.196. The first kappa shape index (κ1) is 13.9. The molecular formula is C12H15N5O3S. The molecule has 0 spiro atoms. The van der Waals surface area contributed by atoms with Gasteiger partial charge >= 0.3 is 0 Å². The van der Waals surface area contributed by atoms with Crippen molar-refractivity contribution < 1.29 is 13.2 Å². The van der Waals surface area contributed by atoms with Gasteiger partial charge in [-0.2, -0.15) is 0 Å². The molecule has 0 radical (unpaired) electrons. The largest absolute Gasteiger partial charge is 0.342 e. The highest BCUT2D eigenvalue weighted by Crippen LogP contribution is 2.13. The Morgan fingerprint density at radius 1 is 1.19 bits per heavy atom. The van der Waals surface area contributed by atoms with Crippen LogP contribution in [0.2, 0.25) is 0 Å². The van der Waals surface area contributed by atoms with Crippen LogP contribution in [0.4, 0.5) is 0 Å². The number of hydrogen-bond acceptors (Lipinski definition) is 6. The highest BCUT2D eigenvalue weighted by atomic mass is 32.2. The topological polar surface area (TPSA) is 97.5 Å². The van der Waals surface area contributed by atoms with Crippen LogP contribution in [0.5, 0.6) is 0 Å². The minimum Gasteiger partial charge on any atom is -0.342 e. The number of sulfone groups is 1. The Morgan fingerprint density at radius 3 is 2.71 bits per heavy atom. The van der Waals surface area contributed by atoms with Gasteiger partial charge in [-0.3, -0.25) is 9.20 Å². The molecule has 2 aromatic heterocycles. The Bertz CT molecular complexity index is 764. The molecule has 21 heavy (non-hydrogen) atoms. The predicted molar refractivity (Wildman–Crippen MR) is 73.3 cm³/mol. The maximum Gasteiger partial charge on any atom is 0.255 e. The first-order valence-electron chi connectivity index (χ1n) is 6.74. The first-order valence-corrected chi connectivity index (χ1v) is 8.39. The lowest BCUT2D eigenvalue weighted by Gasteiger charge is -2.26. The summed E-state index contributed by atoms with van der Waals surface area (Å²) in [6.45, 7) is 1.24. The normalized spacial score (nSPS) is 16.3. The average Bonchev–Trinajstić information content (AvgIpc) is 2.92. The minimum atomic E-state index is -3.83. The third-order valence-corrected chi connectivity index (χ3v) is 4.92. The van der Waals surface area contributed by atoms with Gasteiger partial charge in [-0.05, 0) is 25.3 Å². The van der Waals surface area contributed by atoms with Crippen molar-refractivity contribution in [3.8, 4) is 0 Å². The van der Waals surface area contributed by atoms with E-state index in [1.807, 2.05) is 0 Å². The van der Waals surface area contributed by atoms with Crippen molar-refractivity contribution in [1.29, 1.82) is 0 Å². The summed E-state index contributed by atoms with van der Waals surface area (Å²) in [5.41, 5.74) is 0. The average molecular weight is 309 g/mol. The van der Waals surface area contributed by atoms with Gasteiger partial charge in [0.25, 0.3) is 10.9 Å². The van der Waals surface area contributed by atoms with Crippen LogP contribution in [0, 0.1) is 0 Å². The molecular weight excluding hydrogens is 294 g/mol. The molecule has 8 nitrogen and oxygen atoms in total. The van der Waals surface area contributed by atoms with Gasteiger partial charge in [0.1, 0.15) is 5.75 Å². The maximum atomic E-state index is 12.4. The Morgan fingerprint density at radius 2 is 1.95 bits per heavy atom. The van der Waals surface area contributed by atoms with Crippen molar-refractivity contribution >= 4 is 21.5 Å². The molecule has 1 fully saturated rings. The summed E-state index contributed by atoms with van der Waals surface area (Å²) in [5.74, 6) is -0.764. The summed E-state index contributed by atoms with van der Waals surface area (Å²) in [6, 6.07) is 1.59. The molecule has 2 aromatic rings. The van der Waals surface area contributed by atoms with Crippen LogP contribution in [0.25, 0.3) is 5.78 Å². The number of likely N-dealkylation sites (tertiary alicyclic amines) is 1. The van der Waals surface area contributed by atoms with E-state index in [9.17, 15) is 13.2 Å². The van der Waals surface area contributed by atoms with E-state index in [0.717, 1.165) is 19.3 Å². The van der Waals surface area contributed by atoms with Crippen LogP contribution < -0.4 is 0 Å².